The number of aromatic nitrogens is 2. The topological polar surface area (TPSA) is 218 Å². The Bertz CT molecular complexity index is 1810. The molecule has 0 spiro atoms. The number of phenolic OH excluding ortho intramolecular Hbond substituents is 1. The second kappa shape index (κ2) is 19.4. The van der Waals surface area contributed by atoms with Crippen molar-refractivity contribution in [3.8, 4) is 11.5 Å². The molecule has 16 nitrogen and oxygen atoms in total. The number of nitrogens with zero attached hydrogens (tertiary/aromatic N) is 4. The van der Waals surface area contributed by atoms with Gasteiger partial charge in [0.1, 0.15) is 22.9 Å². The Labute approximate surface area is 318 Å². The molecule has 0 saturated carbocycles. The molecule has 0 bridgehead atoms. The minimum atomic E-state index is -3.90. The van der Waals surface area contributed by atoms with Gasteiger partial charge in [0.15, 0.2) is 27.9 Å². The molecule has 0 aliphatic rings. The van der Waals surface area contributed by atoms with E-state index in [0.29, 0.717) is 17.4 Å². The number of halogens is 2. The summed E-state index contributed by atoms with van der Waals surface area (Å²) in [6.07, 6.45) is -1.28. The molecule has 1 aromatic heterocycles. The molecule has 0 unspecified atom stereocenters. The molecule has 47 heavy (non-hydrogen) atoms. The van der Waals surface area contributed by atoms with Gasteiger partial charge in [-0.1, -0.05) is 6.07 Å². The van der Waals surface area contributed by atoms with E-state index in [1.807, 2.05) is 0 Å². The average Bonchev–Trinajstić information content (AvgIpc) is 2.99. The number of nitrogens with one attached hydrogen (secondary N) is 1. The van der Waals surface area contributed by atoms with Crippen LogP contribution in [0.25, 0.3) is 10.8 Å². The number of benzene rings is 3. The van der Waals surface area contributed by atoms with Gasteiger partial charge in [-0.25, -0.2) is 8.42 Å². The number of hydrogen-bond acceptors (Lipinski definition) is 18. The van der Waals surface area contributed by atoms with Gasteiger partial charge < -0.3 is 25.7 Å². The number of azo groups is 1. The molecule has 0 aliphatic heterocycles. The average molecular weight is 734 g/mol. The predicted octanol–water partition coefficient (Wildman–Crippen LogP) is -2.09. The van der Waals surface area contributed by atoms with Crippen LogP contribution in [0.1, 0.15) is 5.56 Å². The summed E-state index contributed by atoms with van der Waals surface area (Å²) in [5.74, 6) is -2.19. The molecule has 2 N–H and O–H groups in total. The van der Waals surface area contributed by atoms with Crippen LogP contribution in [0.15, 0.2) is 62.5 Å². The molecule has 4 rings (SSSR count). The predicted molar refractivity (Wildman–Crippen MR) is 149 cm³/mol. The third-order valence-corrected chi connectivity index (χ3v) is 8.56. The van der Waals surface area contributed by atoms with E-state index >= 15 is 0 Å². The molecular formula is C24H19F2N5Na2O11S3. The van der Waals surface area contributed by atoms with Gasteiger partial charge in [-0.15, -0.1) is 14.6 Å². The Hall–Kier alpha value is -1.77. The quantitative estimate of drug-likeness (QED) is 0.0196. The zero-order valence-corrected chi connectivity index (χ0v) is 31.2. The third kappa shape index (κ3) is 11.1. The van der Waals surface area contributed by atoms with Crippen LogP contribution in [-0.4, -0.2) is 43.0 Å². The van der Waals surface area contributed by atoms with Gasteiger partial charge in [0.2, 0.25) is 5.95 Å². The number of rotatable bonds is 15. The normalized spacial score (nSPS) is 11.4. The van der Waals surface area contributed by atoms with Crippen molar-refractivity contribution >= 4 is 67.9 Å². The van der Waals surface area contributed by atoms with E-state index in [4.69, 9.17) is 8.92 Å². The minimum Gasteiger partial charge on any atom is -0.691 e. The van der Waals surface area contributed by atoms with Crippen LogP contribution < -0.4 is 79.7 Å². The number of aryl methyl sites for hydroxylation is 1. The number of phenols is 1. The summed E-state index contributed by atoms with van der Waals surface area (Å²) < 4.78 is 71.1. The number of fused-ring (bicyclic) bond motifs is 1. The maximum Gasteiger partial charge on any atom is 1.00 e. The van der Waals surface area contributed by atoms with Crippen LogP contribution in [0, 0.1) is 18.9 Å². The molecule has 0 radical (unpaired) electrons. The zero-order chi connectivity index (χ0) is 32.6. The van der Waals surface area contributed by atoms with Crippen molar-refractivity contribution in [1.29, 1.82) is 0 Å². The Kier molecular flexibility index (Phi) is 17.1. The molecule has 0 amide bonds. The van der Waals surface area contributed by atoms with Crippen LogP contribution in [0.4, 0.5) is 31.7 Å². The molecule has 0 fully saturated rings. The minimum absolute atomic E-state index is 0. The Morgan fingerprint density at radius 1 is 1.02 bits per heavy atom. The molecule has 240 valence electrons. The van der Waals surface area contributed by atoms with E-state index in [2.05, 4.69) is 44.3 Å². The Balaban J connectivity index is 0.00000384. The van der Waals surface area contributed by atoms with E-state index in [1.54, 1.807) is 6.07 Å². The largest absolute Gasteiger partial charge is 1.00 e. The van der Waals surface area contributed by atoms with E-state index in [-0.39, 0.29) is 127 Å². The molecule has 23 heteroatoms. The Morgan fingerprint density at radius 2 is 1.77 bits per heavy atom. The SMILES string of the molecule is COc1cc(S(=O)(=O)CCOSOO[O-])c(C)cc1N=Nc1c(SOO[O-])cc2ccc(Nc3cc(F)nc(F)n3)cc2c1O.[Na+].[Na+]. The zero-order valence-electron chi connectivity index (χ0n) is 24.8. The van der Waals surface area contributed by atoms with Crippen molar-refractivity contribution in [1.82, 2.24) is 9.97 Å². The first-order chi connectivity index (χ1) is 21.6. The number of anilines is 2. The summed E-state index contributed by atoms with van der Waals surface area (Å²) in [6.45, 7) is 1.17. The summed E-state index contributed by atoms with van der Waals surface area (Å²) in [7, 11) is -2.62. The molecular weight excluding hydrogens is 714 g/mol. The van der Waals surface area contributed by atoms with Gasteiger partial charge in [-0.2, -0.15) is 23.1 Å². The first-order valence-corrected chi connectivity index (χ1v) is 15.1. The van der Waals surface area contributed by atoms with Gasteiger partial charge in [-0.3, -0.25) is 14.3 Å². The van der Waals surface area contributed by atoms with Crippen LogP contribution in [-0.2, 0) is 32.8 Å². The van der Waals surface area contributed by atoms with Crippen molar-refractivity contribution < 1.29 is 120 Å². The van der Waals surface area contributed by atoms with Crippen LogP contribution in [0.2, 0.25) is 0 Å². The van der Waals surface area contributed by atoms with Gasteiger partial charge in [0.05, 0.1) is 41.3 Å². The van der Waals surface area contributed by atoms with Gasteiger partial charge in [-0.05, 0) is 42.1 Å². The molecule has 0 aliphatic carbocycles. The fourth-order valence-electron chi connectivity index (χ4n) is 3.88. The number of hydrogen-bond donors (Lipinski definition) is 2. The maximum atomic E-state index is 13.5. The number of methoxy groups -OCH3 is 1. The van der Waals surface area contributed by atoms with Gasteiger partial charge in [0.25, 0.3) is 0 Å². The first kappa shape index (κ1) is 41.4. The second-order valence-electron chi connectivity index (χ2n) is 8.53. The molecule has 3 aromatic carbocycles. The van der Waals surface area contributed by atoms with Crippen molar-refractivity contribution in [2.45, 2.75) is 16.7 Å². The molecule has 1 heterocycles. The van der Waals surface area contributed by atoms with Crippen LogP contribution in [0.3, 0.4) is 0 Å². The monoisotopic (exact) mass is 733 g/mol. The fourth-order valence-corrected chi connectivity index (χ4v) is 6.05. The second-order valence-corrected chi connectivity index (χ2v) is 11.9. The summed E-state index contributed by atoms with van der Waals surface area (Å²) in [6, 6.07) is 9.49. The van der Waals surface area contributed by atoms with Crippen molar-refractivity contribution in [3.63, 3.8) is 0 Å². The van der Waals surface area contributed by atoms with Crippen LogP contribution in [0.5, 0.6) is 11.5 Å². The summed E-state index contributed by atoms with van der Waals surface area (Å²) in [4.78, 5) is 6.40. The fraction of sp³-hybridized carbons (Fsp3) is 0.167. The first-order valence-electron chi connectivity index (χ1n) is 12.0. The molecule has 0 atom stereocenters. The maximum absolute atomic E-state index is 13.5. The number of ether oxygens (including phenoxy) is 1. The van der Waals surface area contributed by atoms with Crippen molar-refractivity contribution in [2.75, 3.05) is 24.8 Å². The summed E-state index contributed by atoms with van der Waals surface area (Å²) in [5, 5.41) is 49.6. The van der Waals surface area contributed by atoms with Crippen molar-refractivity contribution in [3.05, 3.63) is 60.1 Å². The van der Waals surface area contributed by atoms with E-state index in [1.165, 1.54) is 44.4 Å². The van der Waals surface area contributed by atoms with E-state index < -0.39 is 33.4 Å². The van der Waals surface area contributed by atoms with Crippen molar-refractivity contribution in [2.24, 2.45) is 10.2 Å². The van der Waals surface area contributed by atoms with Crippen LogP contribution >= 0.6 is 24.4 Å². The van der Waals surface area contributed by atoms with E-state index in [0.717, 1.165) is 6.07 Å². The Morgan fingerprint density at radius 3 is 2.45 bits per heavy atom. The third-order valence-electron chi connectivity index (χ3n) is 5.75. The van der Waals surface area contributed by atoms with Gasteiger partial charge >= 0.3 is 65.2 Å². The summed E-state index contributed by atoms with van der Waals surface area (Å²) in [5.41, 5.74) is 0.435. The number of aromatic hydroxyl groups is 1. The molecule has 0 saturated heterocycles. The molecule has 4 aromatic rings. The van der Waals surface area contributed by atoms with E-state index in [9.17, 15) is 32.8 Å². The standard InChI is InChI=1S/C24H21F2N5O11S3.2Na/c1-12-7-16(17(37-2)10-19(12)45(35,36)6-5-38-44-42-40-34)30-31-22-18(43-41-39-33)8-13-3-4-14(9-15(13)23(22)32)27-21-11-20(25)28-24(26)29-21;;/h3-4,7-11,32-34H,5-6H2,1-2H3,(H,27,28,29);;/q;2*+1/p-2. The smallest absolute Gasteiger partial charge is 0.691 e. The summed E-state index contributed by atoms with van der Waals surface area (Å²) >= 11 is 0.604. The van der Waals surface area contributed by atoms with Gasteiger partial charge in [0, 0.05) is 23.2 Å². The number of sulfone groups is 1.